The number of benzene rings is 2. The molecule has 0 atom stereocenters. The van der Waals surface area contributed by atoms with Crippen LogP contribution in [0, 0.1) is 10.6 Å². The van der Waals surface area contributed by atoms with E-state index in [2.05, 4.69) is 10.3 Å². The van der Waals surface area contributed by atoms with Crippen molar-refractivity contribution < 1.29 is 18.7 Å². The van der Waals surface area contributed by atoms with Gasteiger partial charge in [-0.25, -0.2) is 4.39 Å². The minimum Gasteiger partial charge on any atom is -0.488 e. The second kappa shape index (κ2) is 8.61. The van der Waals surface area contributed by atoms with Gasteiger partial charge < -0.3 is 19.8 Å². The van der Waals surface area contributed by atoms with Crippen LogP contribution in [0.5, 0.6) is 5.75 Å². The first-order valence-electron chi connectivity index (χ1n) is 8.18. The summed E-state index contributed by atoms with van der Waals surface area (Å²) in [5, 5.41) is 2.67. The number of hydrogen-bond donors (Lipinski definition) is 2. The number of nitrogens with zero attached hydrogens (tertiary/aromatic N) is 1. The third-order valence-corrected chi connectivity index (χ3v) is 4.06. The summed E-state index contributed by atoms with van der Waals surface area (Å²) in [5.74, 6) is -0.893. The van der Waals surface area contributed by atoms with Gasteiger partial charge in [0, 0.05) is 30.7 Å². The van der Waals surface area contributed by atoms with Gasteiger partial charge in [-0.1, -0.05) is 18.2 Å². The van der Waals surface area contributed by atoms with Crippen molar-refractivity contribution in [2.24, 2.45) is 0 Å². The normalized spacial score (nSPS) is 10.6. The van der Waals surface area contributed by atoms with Crippen LogP contribution in [0.3, 0.4) is 0 Å². The summed E-state index contributed by atoms with van der Waals surface area (Å²) in [6.07, 6.45) is 1.52. The number of anilines is 1. The van der Waals surface area contributed by atoms with Crippen molar-refractivity contribution in [1.29, 1.82) is 0 Å². The molecule has 1 amide bonds. The highest BCUT2D eigenvalue weighted by Crippen LogP contribution is 2.22. The van der Waals surface area contributed by atoms with Gasteiger partial charge in [-0.3, -0.25) is 9.36 Å². The number of carbonyl (C=O) groups excluding carboxylic acids is 1. The molecule has 0 aliphatic carbocycles. The summed E-state index contributed by atoms with van der Waals surface area (Å²) in [4.78, 5) is 15.5. The quantitative estimate of drug-likeness (QED) is 0.476. The van der Waals surface area contributed by atoms with E-state index in [1.165, 1.54) is 25.4 Å². The number of methoxy groups -OCH3 is 1. The minimum absolute atomic E-state index is 0.0962. The summed E-state index contributed by atoms with van der Waals surface area (Å²) in [7, 11) is 1.54. The predicted octanol–water partition coefficient (Wildman–Crippen LogP) is 3.95. The fourth-order valence-corrected chi connectivity index (χ4v) is 2.76. The smallest absolute Gasteiger partial charge is 0.274 e. The number of amides is 1. The number of para-hydroxylation sites is 1. The maximum absolute atomic E-state index is 14.1. The molecule has 0 bridgehead atoms. The molecule has 0 saturated heterocycles. The summed E-state index contributed by atoms with van der Waals surface area (Å²) in [5.41, 5.74) is 1.37. The van der Waals surface area contributed by atoms with Crippen molar-refractivity contribution in [2.45, 2.75) is 0 Å². The van der Waals surface area contributed by atoms with Crippen LogP contribution in [0.4, 0.5) is 10.1 Å². The van der Waals surface area contributed by atoms with E-state index in [4.69, 9.17) is 21.7 Å². The fraction of sp³-hybridized carbons (Fsp3) is 0.158. The zero-order valence-corrected chi connectivity index (χ0v) is 15.4. The van der Waals surface area contributed by atoms with Crippen LogP contribution in [-0.2, 0) is 4.74 Å². The van der Waals surface area contributed by atoms with Crippen LogP contribution in [0.2, 0.25) is 0 Å². The van der Waals surface area contributed by atoms with E-state index < -0.39 is 11.7 Å². The molecule has 2 aromatic carbocycles. The lowest BCUT2D eigenvalue weighted by atomic mass is 10.2. The first kappa shape index (κ1) is 18.8. The van der Waals surface area contributed by atoms with Gasteiger partial charge in [-0.15, -0.1) is 0 Å². The molecular formula is C19H18FN3O3S. The van der Waals surface area contributed by atoms with Crippen LogP contribution >= 0.6 is 12.2 Å². The highest BCUT2D eigenvalue weighted by molar-refractivity contribution is 7.71. The molecule has 0 aliphatic heterocycles. The highest BCUT2D eigenvalue weighted by atomic mass is 32.1. The van der Waals surface area contributed by atoms with Gasteiger partial charge in [0.05, 0.1) is 6.61 Å². The van der Waals surface area contributed by atoms with Crippen LogP contribution < -0.4 is 10.1 Å². The minimum atomic E-state index is -0.571. The number of aromatic nitrogens is 2. The number of carbonyl (C=O) groups is 1. The van der Waals surface area contributed by atoms with Gasteiger partial charge in [0.25, 0.3) is 5.91 Å². The first-order valence-corrected chi connectivity index (χ1v) is 8.59. The Morgan fingerprint density at radius 1 is 1.22 bits per heavy atom. The van der Waals surface area contributed by atoms with Crippen LogP contribution in [0.15, 0.2) is 54.7 Å². The highest BCUT2D eigenvalue weighted by Gasteiger charge is 2.15. The Morgan fingerprint density at radius 3 is 2.70 bits per heavy atom. The van der Waals surface area contributed by atoms with Crippen LogP contribution in [-0.4, -0.2) is 35.8 Å². The predicted molar refractivity (Wildman–Crippen MR) is 103 cm³/mol. The van der Waals surface area contributed by atoms with Crippen molar-refractivity contribution in [1.82, 2.24) is 9.55 Å². The molecule has 3 aromatic rings. The SMILES string of the molecule is COCCOc1ccc(NC(=O)c2c[nH]c(=S)n2-c2ccccc2)cc1F. The molecule has 1 aromatic heterocycles. The number of aromatic amines is 1. The molecule has 2 N–H and O–H groups in total. The van der Waals surface area contributed by atoms with E-state index in [0.29, 0.717) is 22.8 Å². The standard InChI is InChI=1S/C19H18FN3O3S/c1-25-9-10-26-17-8-7-13(11-15(17)20)22-18(24)16-12-21-19(27)23(16)14-5-3-2-4-6-14/h2-8,11-12H,9-10H2,1H3,(H,21,27)(H,22,24). The van der Waals surface area contributed by atoms with Gasteiger partial charge in [-0.2, -0.15) is 0 Å². The molecule has 140 valence electrons. The monoisotopic (exact) mass is 387 g/mol. The molecule has 0 spiro atoms. The molecule has 8 heteroatoms. The molecule has 0 saturated carbocycles. The van der Waals surface area contributed by atoms with Gasteiger partial charge in [0.1, 0.15) is 12.3 Å². The zero-order chi connectivity index (χ0) is 19.2. The van der Waals surface area contributed by atoms with Gasteiger partial charge in [0.15, 0.2) is 16.3 Å². The lowest BCUT2D eigenvalue weighted by molar-refractivity contribution is 0.102. The van der Waals surface area contributed by atoms with E-state index >= 15 is 0 Å². The number of imidazole rings is 1. The lowest BCUT2D eigenvalue weighted by Gasteiger charge is -2.11. The fourth-order valence-electron chi connectivity index (χ4n) is 2.49. The number of rotatable bonds is 7. The number of nitrogens with one attached hydrogen (secondary N) is 2. The Hall–Kier alpha value is -2.97. The van der Waals surface area contributed by atoms with E-state index in [-0.39, 0.29) is 12.4 Å². The summed E-state index contributed by atoms with van der Waals surface area (Å²) in [6.45, 7) is 0.593. The molecule has 3 rings (SSSR count). The Balaban J connectivity index is 1.79. The molecule has 0 fully saturated rings. The Morgan fingerprint density at radius 2 is 2.00 bits per heavy atom. The number of hydrogen-bond acceptors (Lipinski definition) is 4. The molecule has 0 radical (unpaired) electrons. The van der Waals surface area contributed by atoms with E-state index in [9.17, 15) is 9.18 Å². The molecular weight excluding hydrogens is 369 g/mol. The Kier molecular flexibility index (Phi) is 6.00. The molecule has 6 nitrogen and oxygen atoms in total. The van der Waals surface area contributed by atoms with E-state index in [1.54, 1.807) is 10.6 Å². The van der Waals surface area contributed by atoms with Crippen molar-refractivity contribution in [3.8, 4) is 11.4 Å². The number of halogens is 1. The third kappa shape index (κ3) is 4.42. The van der Waals surface area contributed by atoms with Crippen LogP contribution in [0.1, 0.15) is 10.5 Å². The van der Waals surface area contributed by atoms with E-state index in [1.807, 2.05) is 30.3 Å². The van der Waals surface area contributed by atoms with Gasteiger partial charge in [0.2, 0.25) is 0 Å². The first-order chi connectivity index (χ1) is 13.1. The van der Waals surface area contributed by atoms with Crippen molar-refractivity contribution >= 4 is 23.8 Å². The second-order valence-electron chi connectivity index (χ2n) is 5.59. The third-order valence-electron chi connectivity index (χ3n) is 3.76. The maximum atomic E-state index is 14.1. The van der Waals surface area contributed by atoms with E-state index in [0.717, 1.165) is 5.69 Å². The maximum Gasteiger partial charge on any atom is 0.274 e. The average molecular weight is 387 g/mol. The van der Waals surface area contributed by atoms with Gasteiger partial charge in [-0.05, 0) is 36.5 Å². The largest absolute Gasteiger partial charge is 0.488 e. The second-order valence-corrected chi connectivity index (χ2v) is 5.98. The Labute approximate surface area is 160 Å². The van der Waals surface area contributed by atoms with Gasteiger partial charge >= 0.3 is 0 Å². The summed E-state index contributed by atoms with van der Waals surface area (Å²) in [6, 6.07) is 13.5. The van der Waals surface area contributed by atoms with Crippen LogP contribution in [0.25, 0.3) is 5.69 Å². The molecule has 0 unspecified atom stereocenters. The summed E-state index contributed by atoms with van der Waals surface area (Å²) >= 11 is 5.27. The number of H-pyrrole nitrogens is 1. The topological polar surface area (TPSA) is 68.3 Å². The molecule has 0 aliphatic rings. The van der Waals surface area contributed by atoms with Crippen molar-refractivity contribution in [3.05, 3.63) is 71.0 Å². The number of ether oxygens (including phenoxy) is 2. The van der Waals surface area contributed by atoms with Crippen molar-refractivity contribution in [3.63, 3.8) is 0 Å². The lowest BCUT2D eigenvalue weighted by Crippen LogP contribution is -2.16. The van der Waals surface area contributed by atoms with Crippen molar-refractivity contribution in [2.75, 3.05) is 25.6 Å². The molecule has 1 heterocycles. The zero-order valence-electron chi connectivity index (χ0n) is 14.6. The molecule has 27 heavy (non-hydrogen) atoms. The average Bonchev–Trinajstić information content (AvgIpc) is 3.06. The Bertz CT molecular complexity index is 985. The summed E-state index contributed by atoms with van der Waals surface area (Å²) < 4.78 is 26.3.